The SMILES string of the molecule is C=CCC1CC(C)CCC1CN. The van der Waals surface area contributed by atoms with Gasteiger partial charge in [-0.3, -0.25) is 0 Å². The molecule has 0 radical (unpaired) electrons. The molecule has 1 aliphatic carbocycles. The van der Waals surface area contributed by atoms with Crippen molar-refractivity contribution >= 4 is 0 Å². The van der Waals surface area contributed by atoms with E-state index in [9.17, 15) is 0 Å². The molecule has 0 aliphatic heterocycles. The van der Waals surface area contributed by atoms with Crippen LogP contribution in [-0.4, -0.2) is 6.54 Å². The molecule has 0 aromatic carbocycles. The van der Waals surface area contributed by atoms with Crippen molar-refractivity contribution in [2.75, 3.05) is 6.54 Å². The summed E-state index contributed by atoms with van der Waals surface area (Å²) in [5.41, 5.74) is 5.74. The maximum Gasteiger partial charge on any atom is -0.00461 e. The second kappa shape index (κ2) is 4.66. The first-order valence-corrected chi connectivity index (χ1v) is 5.08. The van der Waals surface area contributed by atoms with Crippen LogP contribution in [-0.2, 0) is 0 Å². The Morgan fingerprint density at radius 1 is 1.42 bits per heavy atom. The van der Waals surface area contributed by atoms with Crippen LogP contribution in [0.4, 0.5) is 0 Å². The van der Waals surface area contributed by atoms with Crippen LogP contribution in [0.3, 0.4) is 0 Å². The minimum Gasteiger partial charge on any atom is -0.330 e. The Labute approximate surface area is 76.0 Å². The highest BCUT2D eigenvalue weighted by atomic mass is 14.6. The molecule has 0 spiro atoms. The van der Waals surface area contributed by atoms with Gasteiger partial charge in [0.15, 0.2) is 0 Å². The molecule has 1 saturated carbocycles. The van der Waals surface area contributed by atoms with E-state index in [2.05, 4.69) is 13.5 Å². The monoisotopic (exact) mass is 167 g/mol. The molecule has 0 aromatic rings. The molecule has 1 rings (SSSR count). The van der Waals surface area contributed by atoms with E-state index in [4.69, 9.17) is 5.73 Å². The van der Waals surface area contributed by atoms with Crippen LogP contribution in [0.2, 0.25) is 0 Å². The summed E-state index contributed by atoms with van der Waals surface area (Å²) >= 11 is 0. The molecule has 0 aromatic heterocycles. The van der Waals surface area contributed by atoms with E-state index in [0.717, 1.165) is 30.7 Å². The van der Waals surface area contributed by atoms with Crippen molar-refractivity contribution in [2.24, 2.45) is 23.5 Å². The molecule has 1 aliphatic rings. The van der Waals surface area contributed by atoms with Crippen LogP contribution in [0, 0.1) is 17.8 Å². The van der Waals surface area contributed by atoms with Crippen LogP contribution in [0.1, 0.15) is 32.6 Å². The van der Waals surface area contributed by atoms with Gasteiger partial charge >= 0.3 is 0 Å². The normalized spacial score (nSPS) is 36.3. The molecular weight excluding hydrogens is 146 g/mol. The maximum atomic E-state index is 5.74. The minimum absolute atomic E-state index is 0.763. The molecule has 70 valence electrons. The predicted octanol–water partition coefficient (Wildman–Crippen LogP) is 2.57. The highest BCUT2D eigenvalue weighted by molar-refractivity contribution is 4.84. The lowest BCUT2D eigenvalue weighted by atomic mass is 9.73. The molecular formula is C11H21N. The van der Waals surface area contributed by atoms with Crippen molar-refractivity contribution in [3.63, 3.8) is 0 Å². The molecule has 0 saturated heterocycles. The van der Waals surface area contributed by atoms with Crippen molar-refractivity contribution < 1.29 is 0 Å². The molecule has 1 nitrogen and oxygen atoms in total. The highest BCUT2D eigenvalue weighted by Gasteiger charge is 2.26. The van der Waals surface area contributed by atoms with Gasteiger partial charge in [0, 0.05) is 0 Å². The number of allylic oxidation sites excluding steroid dienone is 1. The van der Waals surface area contributed by atoms with Gasteiger partial charge in [0.05, 0.1) is 0 Å². The second-order valence-electron chi connectivity index (χ2n) is 4.20. The van der Waals surface area contributed by atoms with Crippen molar-refractivity contribution in [1.29, 1.82) is 0 Å². The number of hydrogen-bond donors (Lipinski definition) is 1. The van der Waals surface area contributed by atoms with Crippen LogP contribution >= 0.6 is 0 Å². The zero-order valence-corrected chi connectivity index (χ0v) is 8.13. The quantitative estimate of drug-likeness (QED) is 0.642. The van der Waals surface area contributed by atoms with Gasteiger partial charge in [-0.1, -0.05) is 19.4 Å². The summed E-state index contributed by atoms with van der Waals surface area (Å²) in [7, 11) is 0. The van der Waals surface area contributed by atoms with E-state index in [1.165, 1.54) is 19.3 Å². The van der Waals surface area contributed by atoms with Crippen molar-refractivity contribution in [3.8, 4) is 0 Å². The molecule has 3 unspecified atom stereocenters. The molecule has 1 heteroatoms. The smallest absolute Gasteiger partial charge is 0.00461 e. The molecule has 0 amide bonds. The van der Waals surface area contributed by atoms with Crippen molar-refractivity contribution in [3.05, 3.63) is 12.7 Å². The molecule has 0 heterocycles. The fourth-order valence-electron chi connectivity index (χ4n) is 2.37. The minimum atomic E-state index is 0.763. The number of hydrogen-bond acceptors (Lipinski definition) is 1. The fraction of sp³-hybridized carbons (Fsp3) is 0.818. The lowest BCUT2D eigenvalue weighted by Gasteiger charge is -2.33. The third kappa shape index (κ3) is 2.34. The molecule has 12 heavy (non-hydrogen) atoms. The van der Waals surface area contributed by atoms with Crippen LogP contribution in [0.15, 0.2) is 12.7 Å². The van der Waals surface area contributed by atoms with Gasteiger partial charge in [-0.05, 0) is 43.6 Å². The van der Waals surface area contributed by atoms with Gasteiger partial charge in [0.1, 0.15) is 0 Å². The van der Waals surface area contributed by atoms with Gasteiger partial charge in [0.25, 0.3) is 0 Å². The highest BCUT2D eigenvalue weighted by Crippen LogP contribution is 2.35. The average molecular weight is 167 g/mol. The van der Waals surface area contributed by atoms with Gasteiger partial charge in [-0.2, -0.15) is 0 Å². The summed E-state index contributed by atoms with van der Waals surface area (Å²) in [6.45, 7) is 7.02. The Balaban J connectivity index is 2.45. The van der Waals surface area contributed by atoms with Crippen LogP contribution in [0.25, 0.3) is 0 Å². The molecule has 3 atom stereocenters. The summed E-state index contributed by atoms with van der Waals surface area (Å²) in [5.74, 6) is 2.48. The Kier molecular flexibility index (Phi) is 3.80. The van der Waals surface area contributed by atoms with Crippen molar-refractivity contribution in [1.82, 2.24) is 0 Å². The molecule has 1 fully saturated rings. The topological polar surface area (TPSA) is 26.0 Å². The number of nitrogens with two attached hydrogens (primary N) is 1. The summed E-state index contributed by atoms with van der Waals surface area (Å²) in [6.07, 6.45) is 7.26. The molecule has 2 N–H and O–H groups in total. The summed E-state index contributed by atoms with van der Waals surface area (Å²) in [5, 5.41) is 0. The first kappa shape index (κ1) is 9.79. The van der Waals surface area contributed by atoms with Crippen LogP contribution < -0.4 is 5.73 Å². The Morgan fingerprint density at radius 2 is 2.17 bits per heavy atom. The maximum absolute atomic E-state index is 5.74. The zero-order valence-electron chi connectivity index (χ0n) is 8.13. The lowest BCUT2D eigenvalue weighted by Crippen LogP contribution is -2.29. The first-order valence-electron chi connectivity index (χ1n) is 5.08. The van der Waals surface area contributed by atoms with Gasteiger partial charge in [-0.15, -0.1) is 6.58 Å². The van der Waals surface area contributed by atoms with Gasteiger partial charge < -0.3 is 5.73 Å². The summed E-state index contributed by atoms with van der Waals surface area (Å²) < 4.78 is 0. The fourth-order valence-corrected chi connectivity index (χ4v) is 2.37. The Morgan fingerprint density at radius 3 is 2.75 bits per heavy atom. The number of rotatable bonds is 3. The van der Waals surface area contributed by atoms with E-state index in [1.807, 2.05) is 6.08 Å². The lowest BCUT2D eigenvalue weighted by molar-refractivity contribution is 0.196. The van der Waals surface area contributed by atoms with Gasteiger partial charge in [-0.25, -0.2) is 0 Å². The third-order valence-corrected chi connectivity index (χ3v) is 3.17. The Bertz CT molecular complexity index is 142. The van der Waals surface area contributed by atoms with Crippen LogP contribution in [0.5, 0.6) is 0 Å². The average Bonchev–Trinajstić information content (AvgIpc) is 2.05. The standard InChI is InChI=1S/C11H21N/c1-3-4-10-7-9(2)5-6-11(10)8-12/h3,9-11H,1,4-8,12H2,2H3. The van der Waals surface area contributed by atoms with Crippen molar-refractivity contribution in [2.45, 2.75) is 32.6 Å². The summed E-state index contributed by atoms with van der Waals surface area (Å²) in [6, 6.07) is 0. The Hall–Kier alpha value is -0.300. The zero-order chi connectivity index (χ0) is 8.97. The van der Waals surface area contributed by atoms with Gasteiger partial charge in [0.2, 0.25) is 0 Å². The summed E-state index contributed by atoms with van der Waals surface area (Å²) in [4.78, 5) is 0. The second-order valence-corrected chi connectivity index (χ2v) is 4.20. The largest absolute Gasteiger partial charge is 0.330 e. The predicted molar refractivity (Wildman–Crippen MR) is 53.9 cm³/mol. The van der Waals surface area contributed by atoms with E-state index in [1.54, 1.807) is 0 Å². The third-order valence-electron chi connectivity index (χ3n) is 3.17. The van der Waals surface area contributed by atoms with E-state index in [0.29, 0.717) is 0 Å². The van der Waals surface area contributed by atoms with E-state index >= 15 is 0 Å². The van der Waals surface area contributed by atoms with E-state index < -0.39 is 0 Å². The first-order chi connectivity index (χ1) is 5.77. The van der Waals surface area contributed by atoms with E-state index in [-0.39, 0.29) is 0 Å². The molecule has 0 bridgehead atoms.